The predicted octanol–water partition coefficient (Wildman–Crippen LogP) is 25.1. The van der Waals surface area contributed by atoms with E-state index in [0.717, 1.165) is 21.9 Å². The van der Waals surface area contributed by atoms with Gasteiger partial charge >= 0.3 is 0 Å². The number of benzene rings is 16. The van der Waals surface area contributed by atoms with Gasteiger partial charge in [0, 0.05) is 59.3 Å². The van der Waals surface area contributed by atoms with Gasteiger partial charge in [-0.2, -0.15) is 0 Å². The highest BCUT2D eigenvalue weighted by Gasteiger charge is 2.35. The first-order valence-electron chi connectivity index (χ1n) is 32.8. The van der Waals surface area contributed by atoms with Crippen molar-refractivity contribution in [1.29, 1.82) is 0 Å². The van der Waals surface area contributed by atoms with Crippen LogP contribution in [0.15, 0.2) is 296 Å². The minimum atomic E-state index is -0.0528. The van der Waals surface area contributed by atoms with Crippen LogP contribution in [0.4, 0.5) is 0 Å². The van der Waals surface area contributed by atoms with E-state index in [9.17, 15) is 0 Å². The number of nitrogens with zero attached hydrogens (tertiary/aromatic N) is 2. The maximum absolute atomic E-state index is 6.19. The van der Waals surface area contributed by atoms with Crippen LogP contribution in [0.25, 0.3) is 208 Å². The molecule has 434 valence electrons. The molecule has 94 heavy (non-hydrogen) atoms. The van der Waals surface area contributed by atoms with Crippen LogP contribution in [0, 0.1) is 0 Å². The second-order valence-electron chi connectivity index (χ2n) is 27.2. The van der Waals surface area contributed by atoms with Crippen LogP contribution in [-0.4, -0.2) is 8.80 Å². The van der Waals surface area contributed by atoms with Gasteiger partial charge in [-0.25, -0.2) is 0 Å². The van der Waals surface area contributed by atoms with Gasteiger partial charge < -0.3 is 13.2 Å². The zero-order valence-electron chi connectivity index (χ0n) is 51.5. The van der Waals surface area contributed by atoms with Crippen LogP contribution < -0.4 is 0 Å². The Morgan fingerprint density at radius 3 is 1.10 bits per heavy atom. The second kappa shape index (κ2) is 18.1. The fraction of sp³-hybridized carbons (Fsp3) is 0.0330. The normalized spacial score (nSPS) is 13.3. The average molecular weight is 1190 g/mol. The van der Waals surface area contributed by atoms with Crippen molar-refractivity contribution in [2.24, 2.45) is 0 Å². The molecular formula is C91H54N2O. The summed E-state index contributed by atoms with van der Waals surface area (Å²) in [7, 11) is 0. The molecule has 5 aromatic heterocycles. The lowest BCUT2D eigenvalue weighted by molar-refractivity contribution is 0.660. The van der Waals surface area contributed by atoms with E-state index < -0.39 is 0 Å². The van der Waals surface area contributed by atoms with Crippen LogP contribution in [-0.2, 0) is 5.41 Å². The molecule has 0 saturated carbocycles. The number of hydrogen-bond acceptors (Lipinski definition) is 1. The van der Waals surface area contributed by atoms with E-state index >= 15 is 0 Å². The van der Waals surface area contributed by atoms with Crippen molar-refractivity contribution < 1.29 is 4.42 Å². The lowest BCUT2D eigenvalue weighted by Crippen LogP contribution is -2.14. The minimum absolute atomic E-state index is 0.0528. The van der Waals surface area contributed by atoms with Crippen LogP contribution in [0.1, 0.15) is 25.0 Å². The molecule has 1 aliphatic rings. The summed E-state index contributed by atoms with van der Waals surface area (Å²) < 4.78 is 11.3. The first-order valence-corrected chi connectivity index (χ1v) is 32.8. The topological polar surface area (TPSA) is 22.0 Å². The highest BCUT2D eigenvalue weighted by atomic mass is 16.3. The van der Waals surface area contributed by atoms with E-state index in [1.165, 1.54) is 197 Å². The largest absolute Gasteiger partial charge is 0.456 e. The second-order valence-corrected chi connectivity index (χ2v) is 27.2. The van der Waals surface area contributed by atoms with Gasteiger partial charge in [-0.15, -0.1) is 0 Å². The van der Waals surface area contributed by atoms with Crippen LogP contribution >= 0.6 is 0 Å². The first-order chi connectivity index (χ1) is 46.3. The van der Waals surface area contributed by atoms with Crippen LogP contribution in [0.5, 0.6) is 0 Å². The Balaban J connectivity index is 0.670. The molecule has 0 fully saturated rings. The summed E-state index contributed by atoms with van der Waals surface area (Å²) in [5.74, 6) is 0. The number of hydrogen-bond donors (Lipinski definition) is 0. The van der Waals surface area contributed by atoms with Gasteiger partial charge in [0.25, 0.3) is 0 Å². The zero-order chi connectivity index (χ0) is 61.4. The smallest absolute Gasteiger partial charge is 0.135 e. The molecule has 0 bridgehead atoms. The van der Waals surface area contributed by atoms with E-state index in [2.05, 4.69) is 302 Å². The Morgan fingerprint density at radius 1 is 0.223 bits per heavy atom. The van der Waals surface area contributed by atoms with E-state index in [1.54, 1.807) is 0 Å². The molecule has 3 heteroatoms. The summed E-state index contributed by atoms with van der Waals surface area (Å²) in [5, 5.41) is 22.4. The molecule has 0 radical (unpaired) electrons. The minimum Gasteiger partial charge on any atom is -0.456 e. The van der Waals surface area contributed by atoms with Gasteiger partial charge in [-0.3, -0.25) is 0 Å². The summed E-state index contributed by atoms with van der Waals surface area (Å²) >= 11 is 0. The third-order valence-corrected chi connectivity index (χ3v) is 21.8. The quantitative estimate of drug-likeness (QED) is 0.168. The summed E-state index contributed by atoms with van der Waals surface area (Å²) in [6.45, 7) is 4.73. The number of aromatic nitrogens is 2. The number of fused-ring (bicyclic) bond motifs is 22. The van der Waals surface area contributed by atoms with Crippen molar-refractivity contribution in [3.05, 3.63) is 302 Å². The van der Waals surface area contributed by atoms with Gasteiger partial charge in [0.05, 0.1) is 33.1 Å². The Hall–Kier alpha value is -12.0. The molecule has 1 aliphatic carbocycles. The van der Waals surface area contributed by atoms with Gasteiger partial charge in [0.2, 0.25) is 0 Å². The average Bonchev–Trinajstić information content (AvgIpc) is 1.54. The highest BCUT2D eigenvalue weighted by Crippen LogP contribution is 2.51. The first kappa shape index (κ1) is 50.7. The van der Waals surface area contributed by atoms with Crippen molar-refractivity contribution in [2.45, 2.75) is 19.3 Å². The van der Waals surface area contributed by atoms with Crippen molar-refractivity contribution in [2.75, 3.05) is 0 Å². The van der Waals surface area contributed by atoms with E-state index in [-0.39, 0.29) is 5.41 Å². The summed E-state index contributed by atoms with van der Waals surface area (Å²) in [4.78, 5) is 0. The number of para-hydroxylation sites is 1. The number of furan rings is 1. The fourth-order valence-corrected chi connectivity index (χ4v) is 17.1. The third kappa shape index (κ3) is 6.94. The molecule has 0 atom stereocenters. The van der Waals surface area contributed by atoms with Crippen molar-refractivity contribution in [3.8, 4) is 66.8 Å². The van der Waals surface area contributed by atoms with Crippen LogP contribution in [0.3, 0.4) is 0 Å². The Kier molecular flexibility index (Phi) is 9.78. The van der Waals surface area contributed by atoms with Gasteiger partial charge in [0.1, 0.15) is 11.2 Å². The molecular weight excluding hydrogens is 1140 g/mol. The number of rotatable bonds is 5. The maximum Gasteiger partial charge on any atom is 0.135 e. The van der Waals surface area contributed by atoms with Crippen molar-refractivity contribution in [1.82, 2.24) is 8.80 Å². The maximum atomic E-state index is 6.19. The molecule has 0 N–H and O–H groups in total. The molecule has 0 amide bonds. The Labute approximate surface area is 539 Å². The Bertz CT molecular complexity index is 6910. The van der Waals surface area contributed by atoms with Gasteiger partial charge in [-0.05, 0) is 230 Å². The molecule has 0 unspecified atom stereocenters. The van der Waals surface area contributed by atoms with Crippen molar-refractivity contribution >= 4 is 141 Å². The van der Waals surface area contributed by atoms with Crippen molar-refractivity contribution in [3.63, 3.8) is 0 Å². The molecule has 3 nitrogen and oxygen atoms in total. The van der Waals surface area contributed by atoms with E-state index in [4.69, 9.17) is 4.42 Å². The van der Waals surface area contributed by atoms with Gasteiger partial charge in [0.15, 0.2) is 0 Å². The molecule has 0 aliphatic heterocycles. The van der Waals surface area contributed by atoms with E-state index in [1.807, 2.05) is 12.1 Å². The third-order valence-electron chi connectivity index (χ3n) is 21.8. The molecule has 5 heterocycles. The summed E-state index contributed by atoms with van der Waals surface area (Å²) in [5.41, 5.74) is 26.9. The fourth-order valence-electron chi connectivity index (χ4n) is 17.1. The summed E-state index contributed by atoms with van der Waals surface area (Å²) in [6, 6.07) is 110. The highest BCUT2D eigenvalue weighted by molar-refractivity contribution is 6.29. The Morgan fingerprint density at radius 2 is 0.574 bits per heavy atom. The van der Waals surface area contributed by atoms with E-state index in [0.29, 0.717) is 0 Å². The van der Waals surface area contributed by atoms with Crippen LogP contribution in [0.2, 0.25) is 0 Å². The molecule has 0 spiro atoms. The molecule has 21 aromatic rings. The SMILES string of the molecule is CC1(C)c2ccccc2-c2ccc(-c3ccc(-c4cc5c6cc7ccccc7cc6n6c7cc8ccc(-c9ccc%10cc%11c(cc%10c9)c9cc(-c%10ccc(-c%12ccc%13oc%14ccccc%14c%13c%12)cc%10)cc%10c%12cc%13ccccc%13cc%12n%11c%109)cc8cc7c(c4)c56)cc3)cc21. The lowest BCUT2D eigenvalue weighted by atomic mass is 9.81. The monoisotopic (exact) mass is 1190 g/mol. The molecule has 0 saturated heterocycles. The lowest BCUT2D eigenvalue weighted by Gasteiger charge is -2.22. The summed E-state index contributed by atoms with van der Waals surface area (Å²) in [6.07, 6.45) is 0. The van der Waals surface area contributed by atoms with Gasteiger partial charge in [-0.1, -0.05) is 196 Å². The predicted molar refractivity (Wildman–Crippen MR) is 398 cm³/mol. The molecule has 16 aromatic carbocycles. The zero-order valence-corrected chi connectivity index (χ0v) is 51.5. The standard InChI is InChI=1S/C91H54N2O/c1-91(2)81-17-9-7-15-69(81)70-33-31-62(46-82(70)91)52-21-25-54(26-22-52)68-43-78-73-38-56-12-4-6-14-58(56)48-84(73)93-86-50-64-30-28-60(36-66(64)41-75(86)80(45-68)90(78)93)59-27-29-63-49-85-74(40-65(63)35-59)79-44-67(42-77-72-37-55-11-3-5-13-57(55)47-83(72)92(85)89(77)79)53-23-19-51(20-24-53)61-32-34-88-76(39-61)71-16-8-10-18-87(71)94-88/h3-50H,1-2H3. The molecule has 22 rings (SSSR count).